The Morgan fingerprint density at radius 1 is 1.29 bits per heavy atom. The van der Waals surface area contributed by atoms with Crippen LogP contribution in [-0.4, -0.2) is 35.2 Å². The second kappa shape index (κ2) is 6.00. The summed E-state index contributed by atoms with van der Waals surface area (Å²) in [6, 6.07) is 6.35. The number of azo groups is 1. The highest BCUT2D eigenvalue weighted by Gasteiger charge is 2.38. The van der Waals surface area contributed by atoms with Gasteiger partial charge >= 0.3 is 6.09 Å². The number of rotatable bonds is 1. The molecule has 2 aliphatic rings. The van der Waals surface area contributed by atoms with Gasteiger partial charge in [-0.05, 0) is 51.8 Å². The summed E-state index contributed by atoms with van der Waals surface area (Å²) in [5.74, 6) is -0.288. The normalized spacial score (nSPS) is 19.5. The second-order valence-electron chi connectivity index (χ2n) is 7.31. The molecule has 1 fully saturated rings. The molecule has 1 aromatic rings. The fraction of sp³-hybridized carbons (Fsp3) is 0.500. The van der Waals surface area contributed by atoms with Gasteiger partial charge in [0.05, 0.1) is 5.70 Å². The second-order valence-corrected chi connectivity index (χ2v) is 7.31. The van der Waals surface area contributed by atoms with Crippen LogP contribution in [0, 0.1) is 5.82 Å². The van der Waals surface area contributed by atoms with E-state index in [0.29, 0.717) is 31.6 Å². The maximum absolute atomic E-state index is 13.4. The highest BCUT2D eigenvalue weighted by molar-refractivity contribution is 5.69. The molecular weight excluding hydrogens is 309 g/mol. The molecule has 1 aromatic carbocycles. The molecule has 0 aliphatic carbocycles. The Morgan fingerprint density at radius 2 is 2.00 bits per heavy atom. The highest BCUT2D eigenvalue weighted by atomic mass is 19.1. The Labute approximate surface area is 141 Å². The van der Waals surface area contributed by atoms with E-state index in [9.17, 15) is 9.18 Å². The average Bonchev–Trinajstić information content (AvgIpc) is 2.90. The van der Waals surface area contributed by atoms with Crippen molar-refractivity contribution in [3.63, 3.8) is 0 Å². The molecule has 3 rings (SSSR count). The van der Waals surface area contributed by atoms with Crippen LogP contribution in [0.5, 0.6) is 0 Å². The molecule has 6 heteroatoms. The van der Waals surface area contributed by atoms with Gasteiger partial charge in [0.2, 0.25) is 0 Å². The molecular formula is C18H22FN3O2. The van der Waals surface area contributed by atoms with Crippen molar-refractivity contribution >= 4 is 11.8 Å². The number of carbonyl (C=O) groups is 1. The summed E-state index contributed by atoms with van der Waals surface area (Å²) < 4.78 is 18.8. The molecule has 0 radical (unpaired) electrons. The summed E-state index contributed by atoms with van der Waals surface area (Å²) in [6.07, 6.45) is 3.08. The van der Waals surface area contributed by atoms with Gasteiger partial charge in [0.1, 0.15) is 17.0 Å². The molecule has 0 saturated carbocycles. The van der Waals surface area contributed by atoms with Crippen LogP contribution in [0.25, 0.3) is 5.70 Å². The van der Waals surface area contributed by atoms with Gasteiger partial charge in [-0.25, -0.2) is 9.18 Å². The Balaban J connectivity index is 1.66. The Bertz CT molecular complexity index is 698. The lowest BCUT2D eigenvalue weighted by Crippen LogP contribution is -2.46. The molecule has 5 nitrogen and oxygen atoms in total. The minimum atomic E-state index is -0.496. The van der Waals surface area contributed by atoms with E-state index in [4.69, 9.17) is 4.74 Å². The van der Waals surface area contributed by atoms with Gasteiger partial charge < -0.3 is 9.64 Å². The maximum atomic E-state index is 13.4. The lowest BCUT2D eigenvalue weighted by atomic mass is 9.87. The van der Waals surface area contributed by atoms with E-state index in [1.54, 1.807) is 11.0 Å². The fourth-order valence-corrected chi connectivity index (χ4v) is 2.90. The number of likely N-dealkylation sites (tertiary alicyclic amines) is 1. The van der Waals surface area contributed by atoms with Crippen LogP contribution in [0.3, 0.4) is 0 Å². The van der Waals surface area contributed by atoms with E-state index in [-0.39, 0.29) is 17.4 Å². The van der Waals surface area contributed by atoms with Crippen molar-refractivity contribution in [3.8, 4) is 0 Å². The van der Waals surface area contributed by atoms with Crippen molar-refractivity contribution in [2.45, 2.75) is 44.8 Å². The molecule has 2 aliphatic heterocycles. The third-order valence-corrected chi connectivity index (χ3v) is 4.16. The first-order chi connectivity index (χ1) is 11.3. The van der Waals surface area contributed by atoms with Crippen LogP contribution in [0.2, 0.25) is 0 Å². The van der Waals surface area contributed by atoms with Gasteiger partial charge in [-0.1, -0.05) is 12.1 Å². The number of benzene rings is 1. The first-order valence-electron chi connectivity index (χ1n) is 8.16. The first-order valence-corrected chi connectivity index (χ1v) is 8.16. The molecule has 24 heavy (non-hydrogen) atoms. The summed E-state index contributed by atoms with van der Waals surface area (Å²) in [5.41, 5.74) is 0.537. The summed E-state index contributed by atoms with van der Waals surface area (Å²) in [5, 5.41) is 8.65. The maximum Gasteiger partial charge on any atom is 0.410 e. The number of carbonyl (C=O) groups excluding carboxylic acids is 1. The fourth-order valence-electron chi connectivity index (χ4n) is 2.90. The number of nitrogens with zero attached hydrogens (tertiary/aromatic N) is 3. The highest BCUT2D eigenvalue weighted by Crippen LogP contribution is 2.37. The number of hydrogen-bond donors (Lipinski definition) is 0. The predicted molar refractivity (Wildman–Crippen MR) is 89.0 cm³/mol. The van der Waals surface area contributed by atoms with Gasteiger partial charge in [-0.2, -0.15) is 10.2 Å². The van der Waals surface area contributed by atoms with Gasteiger partial charge in [-0.3, -0.25) is 0 Å². The lowest BCUT2D eigenvalue weighted by Gasteiger charge is -2.36. The SMILES string of the molecule is CC(C)(C)OC(=O)N1CCC2(C=C(c3cccc(F)c3)N=N2)CC1. The summed E-state index contributed by atoms with van der Waals surface area (Å²) in [6.45, 7) is 6.71. The molecule has 1 amide bonds. The van der Waals surface area contributed by atoms with Gasteiger partial charge in [-0.15, -0.1) is 0 Å². The molecule has 128 valence electrons. The van der Waals surface area contributed by atoms with E-state index in [1.165, 1.54) is 12.1 Å². The van der Waals surface area contributed by atoms with E-state index in [1.807, 2.05) is 32.9 Å². The third-order valence-electron chi connectivity index (χ3n) is 4.16. The zero-order valence-corrected chi connectivity index (χ0v) is 14.3. The van der Waals surface area contributed by atoms with E-state index in [0.717, 1.165) is 5.56 Å². The van der Waals surface area contributed by atoms with Crippen LogP contribution in [-0.2, 0) is 4.74 Å². The predicted octanol–water partition coefficient (Wildman–Crippen LogP) is 4.40. The van der Waals surface area contributed by atoms with Crippen molar-refractivity contribution in [1.29, 1.82) is 0 Å². The monoisotopic (exact) mass is 331 g/mol. The molecule has 1 spiro atoms. The number of ether oxygens (including phenoxy) is 1. The Morgan fingerprint density at radius 3 is 2.62 bits per heavy atom. The zero-order valence-electron chi connectivity index (χ0n) is 14.3. The topological polar surface area (TPSA) is 54.3 Å². The lowest BCUT2D eigenvalue weighted by molar-refractivity contribution is 0.0187. The quantitative estimate of drug-likeness (QED) is 0.766. The molecule has 0 atom stereocenters. The largest absolute Gasteiger partial charge is 0.444 e. The van der Waals surface area contributed by atoms with E-state index < -0.39 is 5.60 Å². The molecule has 0 N–H and O–H groups in total. The third kappa shape index (κ3) is 3.63. The van der Waals surface area contributed by atoms with E-state index in [2.05, 4.69) is 10.2 Å². The van der Waals surface area contributed by atoms with Crippen molar-refractivity contribution in [1.82, 2.24) is 4.90 Å². The number of piperidine rings is 1. The first kappa shape index (κ1) is 16.6. The van der Waals surface area contributed by atoms with Crippen molar-refractivity contribution in [2.24, 2.45) is 10.2 Å². The Kier molecular flexibility index (Phi) is 4.15. The van der Waals surface area contributed by atoms with Crippen molar-refractivity contribution < 1.29 is 13.9 Å². The smallest absolute Gasteiger partial charge is 0.410 e. The molecule has 0 aromatic heterocycles. The number of halogens is 1. The van der Waals surface area contributed by atoms with Crippen molar-refractivity contribution in [3.05, 3.63) is 41.7 Å². The number of hydrogen-bond acceptors (Lipinski definition) is 4. The summed E-state index contributed by atoms with van der Waals surface area (Å²) >= 11 is 0. The van der Waals surface area contributed by atoms with Crippen LogP contribution in [0.15, 0.2) is 40.6 Å². The standard InChI is InChI=1S/C18H22FN3O2/c1-17(2,3)24-16(23)22-9-7-18(8-10-22)12-15(20-21-18)13-5-4-6-14(19)11-13/h4-6,11-12H,7-10H2,1-3H3. The summed E-state index contributed by atoms with van der Waals surface area (Å²) in [4.78, 5) is 13.8. The minimum Gasteiger partial charge on any atom is -0.444 e. The molecule has 0 unspecified atom stereocenters. The van der Waals surface area contributed by atoms with Gasteiger partial charge in [0.15, 0.2) is 0 Å². The minimum absolute atomic E-state index is 0.288. The molecule has 1 saturated heterocycles. The van der Waals surface area contributed by atoms with E-state index >= 15 is 0 Å². The van der Waals surface area contributed by atoms with Crippen LogP contribution in [0.1, 0.15) is 39.2 Å². The van der Waals surface area contributed by atoms with Crippen LogP contribution in [0.4, 0.5) is 9.18 Å². The number of amides is 1. The zero-order chi connectivity index (χ0) is 17.4. The molecule has 2 heterocycles. The van der Waals surface area contributed by atoms with Gasteiger partial charge in [0, 0.05) is 18.7 Å². The summed E-state index contributed by atoms with van der Waals surface area (Å²) in [7, 11) is 0. The van der Waals surface area contributed by atoms with Gasteiger partial charge in [0.25, 0.3) is 0 Å². The van der Waals surface area contributed by atoms with Crippen LogP contribution >= 0.6 is 0 Å². The average molecular weight is 331 g/mol. The van der Waals surface area contributed by atoms with Crippen LogP contribution < -0.4 is 0 Å². The Hall–Kier alpha value is -2.24. The molecule has 0 bridgehead atoms. The van der Waals surface area contributed by atoms with Crippen molar-refractivity contribution in [2.75, 3.05) is 13.1 Å².